The first-order valence-electron chi connectivity index (χ1n) is 4.78. The minimum Gasteiger partial charge on any atom is -0.393 e. The van der Waals surface area contributed by atoms with E-state index in [-0.39, 0.29) is 6.10 Å². The van der Waals surface area contributed by atoms with Crippen molar-refractivity contribution in [3.63, 3.8) is 0 Å². The summed E-state index contributed by atoms with van der Waals surface area (Å²) in [4.78, 5) is 8.40. The second-order valence-corrected chi connectivity index (χ2v) is 4.36. The Morgan fingerprint density at radius 2 is 2.13 bits per heavy atom. The number of thioether (sulfide) groups is 1. The molecule has 0 spiro atoms. The van der Waals surface area contributed by atoms with E-state index in [2.05, 4.69) is 9.97 Å². The van der Waals surface area contributed by atoms with Crippen molar-refractivity contribution in [2.75, 3.05) is 5.75 Å². The molecule has 15 heavy (non-hydrogen) atoms. The summed E-state index contributed by atoms with van der Waals surface area (Å²) in [5, 5.41) is 11.2. The van der Waals surface area contributed by atoms with E-state index in [1.807, 2.05) is 24.3 Å². The molecule has 4 heteroatoms. The highest BCUT2D eigenvalue weighted by Crippen LogP contribution is 2.24. The molecule has 0 aliphatic carbocycles. The predicted molar refractivity (Wildman–Crippen MR) is 61.9 cm³/mol. The van der Waals surface area contributed by atoms with Crippen LogP contribution in [0.3, 0.4) is 0 Å². The molecule has 1 unspecified atom stereocenters. The Morgan fingerprint density at radius 1 is 1.33 bits per heavy atom. The fourth-order valence-corrected chi connectivity index (χ4v) is 2.14. The van der Waals surface area contributed by atoms with Crippen molar-refractivity contribution in [1.29, 1.82) is 0 Å². The van der Waals surface area contributed by atoms with Crippen LogP contribution in [-0.2, 0) is 0 Å². The first-order valence-corrected chi connectivity index (χ1v) is 5.76. The van der Waals surface area contributed by atoms with Crippen LogP contribution in [0.1, 0.15) is 6.92 Å². The minimum absolute atomic E-state index is 0.316. The molecule has 78 valence electrons. The van der Waals surface area contributed by atoms with Crippen LogP contribution < -0.4 is 0 Å². The van der Waals surface area contributed by atoms with Crippen molar-refractivity contribution in [3.05, 3.63) is 30.6 Å². The molecule has 0 aliphatic rings. The molecule has 0 saturated heterocycles. The zero-order chi connectivity index (χ0) is 10.7. The zero-order valence-corrected chi connectivity index (χ0v) is 9.24. The van der Waals surface area contributed by atoms with Gasteiger partial charge in [-0.15, -0.1) is 11.8 Å². The van der Waals surface area contributed by atoms with Gasteiger partial charge in [-0.05, 0) is 13.0 Å². The van der Waals surface area contributed by atoms with Crippen molar-refractivity contribution in [1.82, 2.24) is 9.97 Å². The van der Waals surface area contributed by atoms with Crippen LogP contribution in [0, 0.1) is 0 Å². The normalized spacial score (nSPS) is 12.9. The number of aromatic nitrogens is 2. The van der Waals surface area contributed by atoms with E-state index in [1.54, 1.807) is 25.0 Å². The van der Waals surface area contributed by atoms with E-state index in [0.717, 1.165) is 15.9 Å². The number of fused-ring (bicyclic) bond motifs is 1. The summed E-state index contributed by atoms with van der Waals surface area (Å²) >= 11 is 1.56. The van der Waals surface area contributed by atoms with Crippen LogP contribution in [0.15, 0.2) is 35.6 Å². The molecule has 1 heterocycles. The highest BCUT2D eigenvalue weighted by Gasteiger charge is 2.04. The molecule has 1 aromatic heterocycles. The lowest BCUT2D eigenvalue weighted by Crippen LogP contribution is -2.03. The van der Waals surface area contributed by atoms with Crippen LogP contribution in [0.2, 0.25) is 0 Å². The summed E-state index contributed by atoms with van der Waals surface area (Å²) in [7, 11) is 0. The number of aliphatic hydroxyl groups excluding tert-OH is 1. The summed E-state index contributed by atoms with van der Waals surface area (Å²) in [5.74, 6) is 0.654. The SMILES string of the molecule is CC(O)CSc1ncnc2ccccc12. The van der Waals surface area contributed by atoms with Crippen LogP contribution in [0.25, 0.3) is 10.9 Å². The highest BCUT2D eigenvalue weighted by atomic mass is 32.2. The van der Waals surface area contributed by atoms with Crippen molar-refractivity contribution in [2.24, 2.45) is 0 Å². The lowest BCUT2D eigenvalue weighted by Gasteiger charge is -2.05. The van der Waals surface area contributed by atoms with Crippen LogP contribution in [0.4, 0.5) is 0 Å². The second-order valence-electron chi connectivity index (χ2n) is 3.36. The zero-order valence-electron chi connectivity index (χ0n) is 8.42. The van der Waals surface area contributed by atoms with Gasteiger partial charge in [0.2, 0.25) is 0 Å². The largest absolute Gasteiger partial charge is 0.393 e. The molecule has 3 nitrogen and oxygen atoms in total. The average Bonchev–Trinajstić information content (AvgIpc) is 2.26. The Kier molecular flexibility index (Phi) is 3.18. The summed E-state index contributed by atoms with van der Waals surface area (Å²) < 4.78 is 0. The van der Waals surface area contributed by atoms with Crippen LogP contribution in [0.5, 0.6) is 0 Å². The van der Waals surface area contributed by atoms with Gasteiger partial charge in [0.15, 0.2) is 0 Å². The monoisotopic (exact) mass is 220 g/mol. The van der Waals surface area contributed by atoms with E-state index in [9.17, 15) is 5.11 Å². The smallest absolute Gasteiger partial charge is 0.117 e. The van der Waals surface area contributed by atoms with Gasteiger partial charge < -0.3 is 5.11 Å². The fraction of sp³-hybridized carbons (Fsp3) is 0.273. The Labute approximate surface area is 92.6 Å². The highest BCUT2D eigenvalue weighted by molar-refractivity contribution is 7.99. The molecule has 0 amide bonds. The third kappa shape index (κ3) is 2.46. The van der Waals surface area contributed by atoms with Gasteiger partial charge >= 0.3 is 0 Å². The second kappa shape index (κ2) is 4.59. The maximum Gasteiger partial charge on any atom is 0.117 e. The molecule has 0 saturated carbocycles. The van der Waals surface area contributed by atoms with E-state index < -0.39 is 0 Å². The Balaban J connectivity index is 2.34. The number of para-hydroxylation sites is 1. The molecule has 0 aliphatic heterocycles. The van der Waals surface area contributed by atoms with Crippen LogP contribution >= 0.6 is 11.8 Å². The van der Waals surface area contributed by atoms with Crippen molar-refractivity contribution in [2.45, 2.75) is 18.1 Å². The molecule has 2 rings (SSSR count). The first kappa shape index (κ1) is 10.4. The fourth-order valence-electron chi connectivity index (χ4n) is 1.29. The molecule has 1 aromatic carbocycles. The van der Waals surface area contributed by atoms with Gasteiger partial charge in [0.05, 0.1) is 11.6 Å². The number of nitrogens with zero attached hydrogens (tertiary/aromatic N) is 2. The Hall–Kier alpha value is -1.13. The van der Waals surface area contributed by atoms with E-state index in [4.69, 9.17) is 0 Å². The van der Waals surface area contributed by atoms with Gasteiger partial charge in [-0.1, -0.05) is 18.2 Å². The molecular weight excluding hydrogens is 208 g/mol. The molecule has 1 N–H and O–H groups in total. The Bertz CT molecular complexity index is 454. The maximum absolute atomic E-state index is 9.22. The molecule has 2 aromatic rings. The first-order chi connectivity index (χ1) is 7.27. The van der Waals surface area contributed by atoms with Gasteiger partial charge in [-0.2, -0.15) is 0 Å². The van der Waals surface area contributed by atoms with Crippen molar-refractivity contribution in [3.8, 4) is 0 Å². The van der Waals surface area contributed by atoms with E-state index in [1.165, 1.54) is 0 Å². The third-order valence-electron chi connectivity index (χ3n) is 1.97. The average molecular weight is 220 g/mol. The lowest BCUT2D eigenvalue weighted by molar-refractivity contribution is 0.220. The molecule has 1 atom stereocenters. The summed E-state index contributed by atoms with van der Waals surface area (Å²) in [5.41, 5.74) is 0.945. The molecular formula is C11H12N2OS. The van der Waals surface area contributed by atoms with Crippen molar-refractivity contribution < 1.29 is 5.11 Å². The predicted octanol–water partition coefficient (Wildman–Crippen LogP) is 2.10. The molecule has 0 fully saturated rings. The van der Waals surface area contributed by atoms with Crippen LogP contribution in [-0.4, -0.2) is 26.9 Å². The van der Waals surface area contributed by atoms with Gasteiger partial charge in [0, 0.05) is 11.1 Å². The maximum atomic E-state index is 9.22. The molecule has 0 bridgehead atoms. The van der Waals surface area contributed by atoms with Gasteiger partial charge in [-0.25, -0.2) is 9.97 Å². The number of benzene rings is 1. The lowest BCUT2D eigenvalue weighted by atomic mass is 10.2. The number of rotatable bonds is 3. The summed E-state index contributed by atoms with van der Waals surface area (Å²) in [6.45, 7) is 1.77. The van der Waals surface area contributed by atoms with Crippen molar-refractivity contribution >= 4 is 22.7 Å². The summed E-state index contributed by atoms with van der Waals surface area (Å²) in [6, 6.07) is 7.89. The van der Waals surface area contributed by atoms with E-state index >= 15 is 0 Å². The minimum atomic E-state index is -0.316. The topological polar surface area (TPSA) is 46.0 Å². The quantitative estimate of drug-likeness (QED) is 0.635. The Morgan fingerprint density at radius 3 is 2.93 bits per heavy atom. The summed E-state index contributed by atoms with van der Waals surface area (Å²) in [6.07, 6.45) is 1.25. The standard InChI is InChI=1S/C11H12N2OS/c1-8(14)6-15-11-9-4-2-3-5-10(9)12-7-13-11/h2-5,7-8,14H,6H2,1H3. The van der Waals surface area contributed by atoms with Gasteiger partial charge in [-0.3, -0.25) is 0 Å². The number of aliphatic hydroxyl groups is 1. The third-order valence-corrected chi connectivity index (χ3v) is 3.22. The molecule has 0 radical (unpaired) electrons. The van der Waals surface area contributed by atoms with Gasteiger partial charge in [0.25, 0.3) is 0 Å². The number of hydrogen-bond donors (Lipinski definition) is 1. The van der Waals surface area contributed by atoms with E-state index in [0.29, 0.717) is 5.75 Å². The number of hydrogen-bond acceptors (Lipinski definition) is 4. The van der Waals surface area contributed by atoms with Gasteiger partial charge in [0.1, 0.15) is 11.4 Å².